The van der Waals surface area contributed by atoms with Gasteiger partial charge in [-0.1, -0.05) is 13.8 Å². The van der Waals surface area contributed by atoms with Gasteiger partial charge in [-0.2, -0.15) is 5.26 Å². The molecule has 2 saturated heterocycles. The number of alkyl halides is 1. The highest BCUT2D eigenvalue weighted by atomic mass is 19.1. The quantitative estimate of drug-likeness (QED) is 0.718. The molecule has 0 aromatic rings. The molecule has 5 rings (SSSR count). The monoisotopic (exact) mass is 419 g/mol. The number of halogens is 1. The van der Waals surface area contributed by atoms with Crippen LogP contribution in [0.4, 0.5) is 4.39 Å². The van der Waals surface area contributed by atoms with Crippen LogP contribution in [0.2, 0.25) is 0 Å². The van der Waals surface area contributed by atoms with Gasteiger partial charge < -0.3 is 15.0 Å². The van der Waals surface area contributed by atoms with Crippen molar-refractivity contribution in [1.82, 2.24) is 10.2 Å². The van der Waals surface area contributed by atoms with Gasteiger partial charge in [-0.05, 0) is 95.1 Å². The Morgan fingerprint density at radius 3 is 2.50 bits per heavy atom. The first-order valence-corrected chi connectivity index (χ1v) is 12.8. The summed E-state index contributed by atoms with van der Waals surface area (Å²) >= 11 is 0. The molecule has 30 heavy (non-hydrogen) atoms. The average Bonchev–Trinajstić information content (AvgIpc) is 3.50. The molecule has 7 atom stereocenters. The number of rotatable bonds is 4. The molecule has 3 saturated carbocycles. The van der Waals surface area contributed by atoms with E-state index in [-0.39, 0.29) is 5.92 Å². The Kier molecular flexibility index (Phi) is 7.38. The smallest absolute Gasteiger partial charge is 0.116 e. The molecule has 2 aliphatic heterocycles. The van der Waals surface area contributed by atoms with Gasteiger partial charge in [-0.3, -0.25) is 0 Å². The molecule has 3 aliphatic carbocycles. The zero-order valence-corrected chi connectivity index (χ0v) is 19.1. The van der Waals surface area contributed by atoms with Crippen LogP contribution in [-0.2, 0) is 4.74 Å². The number of hydrogen-bond donors (Lipinski definition) is 1. The van der Waals surface area contributed by atoms with Crippen molar-refractivity contribution in [3.05, 3.63) is 0 Å². The summed E-state index contributed by atoms with van der Waals surface area (Å²) in [4.78, 5) is 2.67. The maximum atomic E-state index is 14.6. The molecular formula is C25H42FN3O. The summed E-state index contributed by atoms with van der Waals surface area (Å²) in [6.45, 7) is 8.37. The first-order chi connectivity index (χ1) is 14.7. The summed E-state index contributed by atoms with van der Waals surface area (Å²) in [5, 5.41) is 12.9. The van der Waals surface area contributed by atoms with Crippen molar-refractivity contribution in [2.24, 2.45) is 23.7 Å². The fraction of sp³-hybridized carbons (Fsp3) is 0.960. The highest BCUT2D eigenvalue weighted by molar-refractivity contribution is 5.05. The van der Waals surface area contributed by atoms with Crippen LogP contribution >= 0.6 is 0 Å². The van der Waals surface area contributed by atoms with E-state index in [0.29, 0.717) is 41.9 Å². The summed E-state index contributed by atoms with van der Waals surface area (Å²) < 4.78 is 20.8. The Balaban J connectivity index is 0.00000106. The maximum absolute atomic E-state index is 14.6. The van der Waals surface area contributed by atoms with E-state index >= 15 is 0 Å². The molecule has 1 spiro atoms. The second kappa shape index (κ2) is 9.84. The van der Waals surface area contributed by atoms with Crippen molar-refractivity contribution in [2.45, 2.75) is 102 Å². The molecule has 0 amide bonds. The van der Waals surface area contributed by atoms with Crippen LogP contribution in [0.5, 0.6) is 0 Å². The van der Waals surface area contributed by atoms with E-state index < -0.39 is 6.17 Å². The van der Waals surface area contributed by atoms with Crippen LogP contribution in [0.3, 0.4) is 0 Å². The second-order valence-corrected chi connectivity index (χ2v) is 10.5. The molecule has 170 valence electrons. The number of hydrogen-bond acceptors (Lipinski definition) is 4. The third kappa shape index (κ3) is 4.87. The minimum Gasteiger partial charge on any atom is -0.375 e. The molecule has 5 heteroatoms. The number of nitrogens with zero attached hydrogens (tertiary/aromatic N) is 2. The van der Waals surface area contributed by atoms with Gasteiger partial charge >= 0.3 is 0 Å². The molecule has 0 bridgehead atoms. The van der Waals surface area contributed by atoms with Crippen molar-refractivity contribution < 1.29 is 9.13 Å². The minimum atomic E-state index is -0.915. The predicted octanol–water partition coefficient (Wildman–Crippen LogP) is 4.69. The van der Waals surface area contributed by atoms with E-state index in [1.807, 2.05) is 13.8 Å². The first kappa shape index (κ1) is 22.5. The topological polar surface area (TPSA) is 48.3 Å². The molecule has 0 aromatic heterocycles. The van der Waals surface area contributed by atoms with Crippen LogP contribution in [-0.4, -0.2) is 55.0 Å². The van der Waals surface area contributed by atoms with Crippen LogP contribution in [0, 0.1) is 35.0 Å². The lowest BCUT2D eigenvalue weighted by atomic mass is 9.65. The normalized spacial score (nSPS) is 43.1. The highest BCUT2D eigenvalue weighted by Crippen LogP contribution is 2.46. The molecule has 2 heterocycles. The minimum absolute atomic E-state index is 0.337. The van der Waals surface area contributed by atoms with Gasteiger partial charge in [-0.15, -0.1) is 0 Å². The molecule has 5 aliphatic rings. The van der Waals surface area contributed by atoms with E-state index in [1.54, 1.807) is 0 Å². The lowest BCUT2D eigenvalue weighted by Gasteiger charge is -2.50. The maximum Gasteiger partial charge on any atom is 0.116 e. The van der Waals surface area contributed by atoms with Crippen molar-refractivity contribution in [2.75, 3.05) is 26.2 Å². The van der Waals surface area contributed by atoms with Crippen molar-refractivity contribution in [3.63, 3.8) is 0 Å². The fourth-order valence-corrected chi connectivity index (χ4v) is 6.52. The number of nitriles is 1. The van der Waals surface area contributed by atoms with Gasteiger partial charge in [0.2, 0.25) is 0 Å². The van der Waals surface area contributed by atoms with E-state index in [1.165, 1.54) is 58.0 Å². The Morgan fingerprint density at radius 2 is 1.93 bits per heavy atom. The van der Waals surface area contributed by atoms with E-state index in [4.69, 9.17) is 4.74 Å². The molecule has 4 nitrogen and oxygen atoms in total. The molecule has 0 aromatic carbocycles. The van der Waals surface area contributed by atoms with E-state index in [9.17, 15) is 9.65 Å². The average molecular weight is 420 g/mol. The summed E-state index contributed by atoms with van der Waals surface area (Å²) in [5.74, 6) is 1.43. The second-order valence-electron chi connectivity index (χ2n) is 10.5. The van der Waals surface area contributed by atoms with Crippen LogP contribution in [0.15, 0.2) is 0 Å². The summed E-state index contributed by atoms with van der Waals surface area (Å²) in [5.41, 5.74) is 0.337. The number of likely N-dealkylation sites (tertiary alicyclic amines) is 1. The van der Waals surface area contributed by atoms with Gasteiger partial charge in [-0.25, -0.2) is 4.39 Å². The number of ether oxygens (including phenoxy) is 1. The van der Waals surface area contributed by atoms with Gasteiger partial charge in [0.1, 0.15) is 6.17 Å². The Labute approximate surface area is 182 Å². The van der Waals surface area contributed by atoms with Gasteiger partial charge in [0.15, 0.2) is 0 Å². The van der Waals surface area contributed by atoms with E-state index in [2.05, 4.69) is 16.3 Å². The third-order valence-corrected chi connectivity index (χ3v) is 8.66. The number of morpholine rings is 1. The zero-order valence-electron chi connectivity index (χ0n) is 19.1. The Bertz CT molecular complexity index is 590. The Morgan fingerprint density at radius 1 is 1.13 bits per heavy atom. The summed E-state index contributed by atoms with van der Waals surface area (Å²) in [6.07, 6.45) is 10.7. The van der Waals surface area contributed by atoms with Crippen molar-refractivity contribution in [1.29, 1.82) is 5.26 Å². The summed E-state index contributed by atoms with van der Waals surface area (Å²) in [7, 11) is 0. The molecular weight excluding hydrogens is 377 g/mol. The van der Waals surface area contributed by atoms with Crippen LogP contribution in [0.25, 0.3) is 0 Å². The lowest BCUT2D eigenvalue weighted by Crippen LogP contribution is -2.53. The van der Waals surface area contributed by atoms with Gasteiger partial charge in [0, 0.05) is 18.1 Å². The van der Waals surface area contributed by atoms with Gasteiger partial charge in [0.05, 0.1) is 24.7 Å². The van der Waals surface area contributed by atoms with Gasteiger partial charge in [0.25, 0.3) is 0 Å². The lowest BCUT2D eigenvalue weighted by molar-refractivity contribution is -0.0400. The van der Waals surface area contributed by atoms with Crippen molar-refractivity contribution >= 4 is 0 Å². The summed E-state index contributed by atoms with van der Waals surface area (Å²) in [6, 6.07) is 2.85. The SMILES string of the molecule is CC.N#CC1CCC(C2CC(CC3CNC4(CC4)CO3)CCC2N2CCC2)CC1F. The zero-order chi connectivity index (χ0) is 21.1. The molecule has 5 fully saturated rings. The first-order valence-electron chi connectivity index (χ1n) is 12.8. The predicted molar refractivity (Wildman–Crippen MR) is 118 cm³/mol. The molecule has 1 N–H and O–H groups in total. The molecule has 0 radical (unpaired) electrons. The standard InChI is InChI=1S/C23H36FN3O.C2H6/c24-21-12-17(3-4-18(21)13-25)20-11-16(2-5-22(20)27-8-1-9-27)10-19-14-26-23(6-7-23)15-28-19;1-2/h16-22,26H,1-12,14-15H2;1-2H3. The Hall–Kier alpha value is -0.700. The molecule has 7 unspecified atom stereocenters. The van der Waals surface area contributed by atoms with Crippen molar-refractivity contribution in [3.8, 4) is 6.07 Å². The van der Waals surface area contributed by atoms with Crippen LogP contribution < -0.4 is 5.32 Å². The van der Waals surface area contributed by atoms with E-state index in [0.717, 1.165) is 26.0 Å². The highest BCUT2D eigenvalue weighted by Gasteiger charge is 2.47. The fourth-order valence-electron chi connectivity index (χ4n) is 6.52. The van der Waals surface area contributed by atoms with Crippen LogP contribution in [0.1, 0.15) is 78.1 Å². The number of nitrogens with one attached hydrogen (secondary N) is 1. The third-order valence-electron chi connectivity index (χ3n) is 8.66. The largest absolute Gasteiger partial charge is 0.375 e.